The van der Waals surface area contributed by atoms with E-state index in [-0.39, 0.29) is 11.4 Å². The van der Waals surface area contributed by atoms with Crippen LogP contribution in [-0.2, 0) is 4.79 Å². The van der Waals surface area contributed by atoms with E-state index in [1.807, 2.05) is 0 Å². The lowest BCUT2D eigenvalue weighted by Crippen LogP contribution is -2.17. The van der Waals surface area contributed by atoms with Gasteiger partial charge in [-0.3, -0.25) is 4.79 Å². The van der Waals surface area contributed by atoms with Crippen molar-refractivity contribution in [3.8, 4) is 0 Å². The summed E-state index contributed by atoms with van der Waals surface area (Å²) in [6.45, 7) is 1.57. The second-order valence-corrected chi connectivity index (χ2v) is 3.71. The first-order valence-corrected chi connectivity index (χ1v) is 4.98. The molecule has 0 unspecified atom stereocenters. The number of amides is 1. The van der Waals surface area contributed by atoms with Crippen LogP contribution in [0.2, 0.25) is 0 Å². The summed E-state index contributed by atoms with van der Waals surface area (Å²) in [6.07, 6.45) is -6.40. The van der Waals surface area contributed by atoms with Crippen molar-refractivity contribution < 1.29 is 27.9 Å². The maximum absolute atomic E-state index is 11.9. The van der Waals surface area contributed by atoms with Gasteiger partial charge in [0.2, 0.25) is 5.91 Å². The molecule has 8 heteroatoms. The van der Waals surface area contributed by atoms with Crippen LogP contribution in [0.4, 0.5) is 18.9 Å². The highest BCUT2D eigenvalue weighted by Crippen LogP contribution is 2.22. The molecule has 0 aliphatic rings. The Morgan fingerprint density at radius 2 is 2.06 bits per heavy atom. The number of carboxylic acids is 1. The molecule has 0 aromatic carbocycles. The van der Waals surface area contributed by atoms with Crippen molar-refractivity contribution in [3.05, 3.63) is 17.5 Å². The topological polar surface area (TPSA) is 82.2 Å². The maximum atomic E-state index is 11.9. The molecule has 1 aromatic heterocycles. The van der Waals surface area contributed by atoms with E-state index in [0.29, 0.717) is 5.69 Å². The minimum Gasteiger partial charge on any atom is -0.477 e. The van der Waals surface area contributed by atoms with E-state index in [0.717, 1.165) is 0 Å². The zero-order valence-electron chi connectivity index (χ0n) is 9.39. The van der Waals surface area contributed by atoms with Crippen LogP contribution in [-0.4, -0.2) is 28.1 Å². The highest BCUT2D eigenvalue weighted by atomic mass is 19.4. The average molecular weight is 264 g/mol. The van der Waals surface area contributed by atoms with Crippen LogP contribution in [0.1, 0.15) is 29.0 Å². The van der Waals surface area contributed by atoms with Gasteiger partial charge in [0.25, 0.3) is 0 Å². The summed E-state index contributed by atoms with van der Waals surface area (Å²) in [5, 5.41) is 10.9. The number of carbonyl (C=O) groups is 2. The molecule has 0 saturated carbocycles. The summed E-state index contributed by atoms with van der Waals surface area (Å²) in [7, 11) is 0. The van der Waals surface area contributed by atoms with Crippen LogP contribution in [0.5, 0.6) is 0 Å². The molecule has 0 atom stereocenters. The molecule has 1 amide bonds. The van der Waals surface area contributed by atoms with Crippen molar-refractivity contribution in [3.63, 3.8) is 0 Å². The number of anilines is 1. The Bertz CT molecular complexity index is 465. The van der Waals surface area contributed by atoms with Gasteiger partial charge in [0.15, 0.2) is 0 Å². The van der Waals surface area contributed by atoms with Crippen LogP contribution in [0.15, 0.2) is 6.07 Å². The number of aromatic nitrogens is 1. The van der Waals surface area contributed by atoms with E-state index in [1.165, 1.54) is 6.07 Å². The zero-order chi connectivity index (χ0) is 13.9. The second-order valence-electron chi connectivity index (χ2n) is 3.71. The van der Waals surface area contributed by atoms with Crippen molar-refractivity contribution in [2.24, 2.45) is 0 Å². The van der Waals surface area contributed by atoms with Gasteiger partial charge >= 0.3 is 12.1 Å². The van der Waals surface area contributed by atoms with Gasteiger partial charge in [-0.25, -0.2) is 4.79 Å². The molecule has 0 spiro atoms. The molecular formula is C10H11F3N2O3. The minimum atomic E-state index is -4.42. The third-order valence-electron chi connectivity index (χ3n) is 2.08. The molecule has 3 N–H and O–H groups in total. The molecule has 0 fully saturated rings. The number of aromatic amines is 1. The molecule has 0 saturated heterocycles. The molecule has 100 valence electrons. The molecule has 0 aliphatic carbocycles. The Labute approximate surface area is 100.0 Å². The maximum Gasteiger partial charge on any atom is 0.389 e. The first kappa shape index (κ1) is 14.1. The number of nitrogens with one attached hydrogen (secondary N) is 2. The fourth-order valence-electron chi connectivity index (χ4n) is 1.32. The molecule has 0 bridgehead atoms. The Balaban J connectivity index is 2.67. The van der Waals surface area contributed by atoms with Crippen LogP contribution >= 0.6 is 0 Å². The summed E-state index contributed by atoms with van der Waals surface area (Å²) in [4.78, 5) is 24.5. The molecule has 0 aliphatic heterocycles. The van der Waals surface area contributed by atoms with Crippen molar-refractivity contribution in [2.75, 3.05) is 5.32 Å². The number of carbonyl (C=O) groups excluding carboxylic acids is 1. The van der Waals surface area contributed by atoms with Gasteiger partial charge in [0, 0.05) is 12.1 Å². The van der Waals surface area contributed by atoms with E-state index in [4.69, 9.17) is 5.11 Å². The van der Waals surface area contributed by atoms with E-state index in [9.17, 15) is 22.8 Å². The Hall–Kier alpha value is -1.99. The monoisotopic (exact) mass is 264 g/mol. The molecule has 1 rings (SSSR count). The number of alkyl halides is 3. The SMILES string of the molecule is Cc1cc(NC(=O)CCC(F)(F)F)c(C(=O)O)[nH]1. The van der Waals surface area contributed by atoms with Crippen LogP contribution in [0.3, 0.4) is 0 Å². The van der Waals surface area contributed by atoms with E-state index < -0.39 is 30.9 Å². The number of carboxylic acid groups (broad SMARTS) is 1. The Kier molecular flexibility index (Phi) is 4.00. The van der Waals surface area contributed by atoms with Gasteiger partial charge in [-0.05, 0) is 13.0 Å². The molecular weight excluding hydrogens is 253 g/mol. The van der Waals surface area contributed by atoms with Crippen LogP contribution < -0.4 is 5.32 Å². The zero-order valence-corrected chi connectivity index (χ0v) is 9.39. The Morgan fingerprint density at radius 3 is 2.56 bits per heavy atom. The van der Waals surface area contributed by atoms with E-state index in [2.05, 4.69) is 10.3 Å². The standard InChI is InChI=1S/C10H11F3N2O3/c1-5-4-6(8(14-5)9(17)18)15-7(16)2-3-10(11,12)13/h4,14H,2-3H2,1H3,(H,15,16)(H,17,18). The van der Waals surface area contributed by atoms with Gasteiger partial charge < -0.3 is 15.4 Å². The van der Waals surface area contributed by atoms with Crippen LogP contribution in [0, 0.1) is 6.92 Å². The lowest BCUT2D eigenvalue weighted by Gasteiger charge is -2.06. The van der Waals surface area contributed by atoms with Crippen molar-refractivity contribution in [2.45, 2.75) is 25.9 Å². The highest BCUT2D eigenvalue weighted by molar-refractivity contribution is 5.99. The minimum absolute atomic E-state index is 0.0350. The lowest BCUT2D eigenvalue weighted by molar-refractivity contribution is -0.142. The summed E-state index contributed by atoms with van der Waals surface area (Å²) in [5.41, 5.74) is 0.193. The first-order valence-electron chi connectivity index (χ1n) is 4.98. The largest absolute Gasteiger partial charge is 0.477 e. The third-order valence-corrected chi connectivity index (χ3v) is 2.08. The van der Waals surface area contributed by atoms with Gasteiger partial charge in [0.05, 0.1) is 12.1 Å². The van der Waals surface area contributed by atoms with Crippen LogP contribution in [0.25, 0.3) is 0 Å². The quantitative estimate of drug-likeness (QED) is 0.780. The third kappa shape index (κ3) is 4.11. The summed E-state index contributed by atoms with van der Waals surface area (Å²) in [6, 6.07) is 1.34. The van der Waals surface area contributed by atoms with Crippen molar-refractivity contribution in [1.82, 2.24) is 4.98 Å². The number of hydrogen-bond donors (Lipinski definition) is 3. The number of rotatable bonds is 4. The molecule has 1 heterocycles. The lowest BCUT2D eigenvalue weighted by atomic mass is 10.2. The number of H-pyrrole nitrogens is 1. The summed E-state index contributed by atoms with van der Waals surface area (Å²) < 4.78 is 35.7. The molecule has 18 heavy (non-hydrogen) atoms. The fraction of sp³-hybridized carbons (Fsp3) is 0.400. The van der Waals surface area contributed by atoms with E-state index in [1.54, 1.807) is 6.92 Å². The fourth-order valence-corrected chi connectivity index (χ4v) is 1.32. The molecule has 0 radical (unpaired) electrons. The Morgan fingerprint density at radius 1 is 1.44 bits per heavy atom. The highest BCUT2D eigenvalue weighted by Gasteiger charge is 2.28. The van der Waals surface area contributed by atoms with Crippen molar-refractivity contribution in [1.29, 1.82) is 0 Å². The smallest absolute Gasteiger partial charge is 0.389 e. The normalized spacial score (nSPS) is 11.3. The second kappa shape index (κ2) is 5.11. The van der Waals surface area contributed by atoms with Gasteiger partial charge in [-0.15, -0.1) is 0 Å². The van der Waals surface area contributed by atoms with Gasteiger partial charge in [-0.2, -0.15) is 13.2 Å². The predicted molar refractivity (Wildman–Crippen MR) is 56.4 cm³/mol. The number of aryl methyl sites for hydroxylation is 1. The molecule has 1 aromatic rings. The molecule has 5 nitrogen and oxygen atoms in total. The number of aromatic carboxylic acids is 1. The number of hydrogen-bond acceptors (Lipinski definition) is 2. The van der Waals surface area contributed by atoms with Gasteiger partial charge in [0.1, 0.15) is 5.69 Å². The van der Waals surface area contributed by atoms with Crippen molar-refractivity contribution >= 4 is 17.6 Å². The first-order chi connectivity index (χ1) is 8.19. The summed E-state index contributed by atoms with van der Waals surface area (Å²) >= 11 is 0. The number of halogens is 3. The predicted octanol–water partition coefficient (Wildman–Crippen LogP) is 2.30. The van der Waals surface area contributed by atoms with Gasteiger partial charge in [-0.1, -0.05) is 0 Å². The summed E-state index contributed by atoms with van der Waals surface area (Å²) in [5.74, 6) is -2.18. The van der Waals surface area contributed by atoms with E-state index >= 15 is 0 Å². The average Bonchev–Trinajstić information content (AvgIpc) is 2.55.